The molecule has 3 aliphatic heterocycles. The van der Waals surface area contributed by atoms with Crippen molar-refractivity contribution in [3.63, 3.8) is 0 Å². The van der Waals surface area contributed by atoms with Gasteiger partial charge in [-0.05, 0) is 49.6 Å². The Bertz CT molecular complexity index is 917. The summed E-state index contributed by atoms with van der Waals surface area (Å²) in [5, 5.41) is 0.770. The Balaban J connectivity index is 1.43. The molecule has 1 spiro atoms. The lowest BCUT2D eigenvalue weighted by Gasteiger charge is -2.33. The average Bonchev–Trinajstić information content (AvgIpc) is 3.33. The molecule has 3 saturated heterocycles. The Kier molecular flexibility index (Phi) is 4.37. The Morgan fingerprint density at radius 1 is 1.21 bits per heavy atom. The van der Waals surface area contributed by atoms with E-state index in [9.17, 15) is 4.79 Å². The van der Waals surface area contributed by atoms with Crippen LogP contribution in [0.15, 0.2) is 48.5 Å². The number of benzene rings is 2. The summed E-state index contributed by atoms with van der Waals surface area (Å²) in [6.45, 7) is 2.43. The zero-order chi connectivity index (χ0) is 19.3. The largest absolute Gasteiger partial charge is 0.496 e. The quantitative estimate of drug-likeness (QED) is 0.773. The van der Waals surface area contributed by atoms with Crippen LogP contribution in [-0.2, 0) is 11.3 Å². The molecule has 0 aliphatic carbocycles. The number of nitrogens with zero attached hydrogens (tertiary/aromatic N) is 2. The molecule has 3 aliphatic rings. The van der Waals surface area contributed by atoms with Gasteiger partial charge in [0.1, 0.15) is 11.3 Å². The number of hydrogen-bond donors (Lipinski definition) is 0. The lowest BCUT2D eigenvalue weighted by Crippen LogP contribution is -2.49. The monoisotopic (exact) mass is 396 g/mol. The van der Waals surface area contributed by atoms with Crippen molar-refractivity contribution in [2.75, 3.05) is 20.2 Å². The van der Waals surface area contributed by atoms with Crippen molar-refractivity contribution in [1.29, 1.82) is 0 Å². The second kappa shape index (κ2) is 6.78. The van der Waals surface area contributed by atoms with Gasteiger partial charge in [-0.15, -0.1) is 0 Å². The third-order valence-electron chi connectivity index (χ3n) is 6.91. The van der Waals surface area contributed by atoms with Crippen LogP contribution in [0.2, 0.25) is 5.02 Å². The summed E-state index contributed by atoms with van der Waals surface area (Å²) in [5.41, 5.74) is 1.99. The lowest BCUT2D eigenvalue weighted by molar-refractivity contribution is -0.137. The average molecular weight is 397 g/mol. The molecule has 146 valence electrons. The second-order valence-electron chi connectivity index (χ2n) is 8.22. The normalized spacial score (nSPS) is 29.2. The number of carbonyl (C=O) groups excluding carboxylic acids is 1. The van der Waals surface area contributed by atoms with Crippen molar-refractivity contribution >= 4 is 17.5 Å². The first-order valence-electron chi connectivity index (χ1n) is 10.1. The smallest absolute Gasteiger partial charge is 0.243 e. The molecule has 0 unspecified atom stereocenters. The fourth-order valence-corrected chi connectivity index (χ4v) is 5.98. The summed E-state index contributed by atoms with van der Waals surface area (Å²) < 4.78 is 5.49. The van der Waals surface area contributed by atoms with Gasteiger partial charge >= 0.3 is 0 Å². The van der Waals surface area contributed by atoms with E-state index in [0.29, 0.717) is 24.4 Å². The number of amides is 1. The SMILES string of the molecule is COc1ccccc1CN1C[C@@H]2C[C@@H](c3cccc(Cl)c3)N3CCC[C@@]23C1=O. The van der Waals surface area contributed by atoms with Gasteiger partial charge in [0.15, 0.2) is 0 Å². The van der Waals surface area contributed by atoms with Crippen LogP contribution in [0.5, 0.6) is 5.75 Å². The van der Waals surface area contributed by atoms with E-state index in [0.717, 1.165) is 48.7 Å². The zero-order valence-corrected chi connectivity index (χ0v) is 16.9. The number of rotatable bonds is 4. The van der Waals surface area contributed by atoms with Gasteiger partial charge in [0.2, 0.25) is 5.91 Å². The first kappa shape index (κ1) is 18.0. The molecular formula is C23H25ClN2O2. The number of hydrogen-bond acceptors (Lipinski definition) is 3. The van der Waals surface area contributed by atoms with E-state index in [1.807, 2.05) is 30.3 Å². The molecule has 1 amide bonds. The molecule has 2 aromatic rings. The Hall–Kier alpha value is -2.04. The minimum atomic E-state index is -0.324. The van der Waals surface area contributed by atoms with E-state index in [1.54, 1.807) is 7.11 Å². The minimum absolute atomic E-state index is 0.295. The van der Waals surface area contributed by atoms with Crippen LogP contribution >= 0.6 is 11.6 Å². The van der Waals surface area contributed by atoms with Crippen molar-refractivity contribution in [3.8, 4) is 5.75 Å². The molecular weight excluding hydrogens is 372 g/mol. The highest BCUT2D eigenvalue weighted by Crippen LogP contribution is 2.56. The van der Waals surface area contributed by atoms with E-state index in [-0.39, 0.29) is 5.54 Å². The van der Waals surface area contributed by atoms with Gasteiger partial charge in [-0.1, -0.05) is 41.9 Å². The standard InChI is InChI=1S/C23H25ClN2O2/c1-28-21-9-3-2-6-17(21)14-25-15-18-13-20(16-7-4-8-19(24)12-16)26-11-5-10-23(18,26)22(25)27/h2-4,6-9,12,18,20H,5,10-11,13-15H2,1H3/t18-,20-,23-/m0/s1. The summed E-state index contributed by atoms with van der Waals surface area (Å²) in [5.74, 6) is 1.52. The number of likely N-dealkylation sites (tertiary alicyclic amines) is 1. The molecule has 0 bridgehead atoms. The predicted molar refractivity (Wildman–Crippen MR) is 109 cm³/mol. The molecule has 28 heavy (non-hydrogen) atoms. The summed E-state index contributed by atoms with van der Waals surface area (Å²) in [6, 6.07) is 16.4. The fraction of sp³-hybridized carbons (Fsp3) is 0.435. The van der Waals surface area contributed by atoms with Crippen molar-refractivity contribution in [2.45, 2.75) is 37.4 Å². The number of methoxy groups -OCH3 is 1. The number of halogens is 1. The number of carbonyl (C=O) groups is 1. The third kappa shape index (κ3) is 2.58. The molecule has 3 fully saturated rings. The second-order valence-corrected chi connectivity index (χ2v) is 8.66. The molecule has 0 radical (unpaired) electrons. The molecule has 5 rings (SSSR count). The van der Waals surface area contributed by atoms with E-state index < -0.39 is 0 Å². The number of para-hydroxylation sites is 1. The van der Waals surface area contributed by atoms with E-state index >= 15 is 0 Å². The summed E-state index contributed by atoms with van der Waals surface area (Å²) >= 11 is 6.25. The highest BCUT2D eigenvalue weighted by Gasteiger charge is 2.65. The Labute approximate surface area is 171 Å². The molecule has 3 atom stereocenters. The summed E-state index contributed by atoms with van der Waals surface area (Å²) in [4.78, 5) is 18.2. The van der Waals surface area contributed by atoms with Crippen LogP contribution in [0, 0.1) is 5.92 Å². The van der Waals surface area contributed by atoms with Crippen molar-refractivity contribution < 1.29 is 9.53 Å². The van der Waals surface area contributed by atoms with Crippen molar-refractivity contribution in [2.24, 2.45) is 5.92 Å². The highest BCUT2D eigenvalue weighted by molar-refractivity contribution is 6.30. The van der Waals surface area contributed by atoms with E-state index in [2.05, 4.69) is 28.0 Å². The van der Waals surface area contributed by atoms with Gasteiger partial charge in [-0.3, -0.25) is 9.69 Å². The Morgan fingerprint density at radius 2 is 2.07 bits per heavy atom. The lowest BCUT2D eigenvalue weighted by atomic mass is 9.85. The summed E-state index contributed by atoms with van der Waals surface area (Å²) in [6.07, 6.45) is 3.08. The van der Waals surface area contributed by atoms with Crippen LogP contribution < -0.4 is 4.74 Å². The topological polar surface area (TPSA) is 32.8 Å². The van der Waals surface area contributed by atoms with Gasteiger partial charge in [0.05, 0.1) is 7.11 Å². The zero-order valence-electron chi connectivity index (χ0n) is 16.1. The van der Waals surface area contributed by atoms with Crippen LogP contribution in [0.4, 0.5) is 0 Å². The van der Waals surface area contributed by atoms with E-state index in [1.165, 1.54) is 5.56 Å². The van der Waals surface area contributed by atoms with Crippen molar-refractivity contribution in [3.05, 3.63) is 64.7 Å². The maximum atomic E-state index is 13.7. The van der Waals surface area contributed by atoms with E-state index in [4.69, 9.17) is 16.3 Å². The highest BCUT2D eigenvalue weighted by atomic mass is 35.5. The molecule has 0 saturated carbocycles. The number of ether oxygens (including phenoxy) is 1. The molecule has 0 N–H and O–H groups in total. The maximum absolute atomic E-state index is 13.7. The third-order valence-corrected chi connectivity index (χ3v) is 7.15. The van der Waals surface area contributed by atoms with Gasteiger partial charge < -0.3 is 9.64 Å². The van der Waals surface area contributed by atoms with Gasteiger partial charge in [0.25, 0.3) is 0 Å². The first-order valence-corrected chi connectivity index (χ1v) is 10.4. The molecule has 0 aromatic heterocycles. The molecule has 2 aromatic carbocycles. The first-order chi connectivity index (χ1) is 13.6. The van der Waals surface area contributed by atoms with Gasteiger partial charge in [-0.2, -0.15) is 0 Å². The van der Waals surface area contributed by atoms with Crippen LogP contribution in [0.1, 0.15) is 36.4 Å². The van der Waals surface area contributed by atoms with Crippen LogP contribution in [-0.4, -0.2) is 41.4 Å². The predicted octanol–water partition coefficient (Wildman–Crippen LogP) is 4.29. The van der Waals surface area contributed by atoms with Gasteiger partial charge in [0, 0.05) is 35.6 Å². The maximum Gasteiger partial charge on any atom is 0.243 e. The molecule has 3 heterocycles. The molecule has 5 heteroatoms. The van der Waals surface area contributed by atoms with Crippen LogP contribution in [0.25, 0.3) is 0 Å². The van der Waals surface area contributed by atoms with Gasteiger partial charge in [-0.25, -0.2) is 0 Å². The van der Waals surface area contributed by atoms with Crippen molar-refractivity contribution in [1.82, 2.24) is 9.80 Å². The summed E-state index contributed by atoms with van der Waals surface area (Å²) in [7, 11) is 1.69. The molecule has 4 nitrogen and oxygen atoms in total. The Morgan fingerprint density at radius 3 is 2.89 bits per heavy atom. The van der Waals surface area contributed by atoms with Crippen LogP contribution in [0.3, 0.4) is 0 Å². The minimum Gasteiger partial charge on any atom is -0.496 e. The fourth-order valence-electron chi connectivity index (χ4n) is 5.78.